The van der Waals surface area contributed by atoms with E-state index in [0.717, 1.165) is 57.8 Å². The van der Waals surface area contributed by atoms with Crippen molar-refractivity contribution in [1.82, 2.24) is 0 Å². The maximum atomic E-state index is 12.6. The molecule has 0 spiro atoms. The number of hydrogen-bond acceptors (Lipinski definition) is 8. The van der Waals surface area contributed by atoms with Gasteiger partial charge in [-0.25, -0.2) is 0 Å². The summed E-state index contributed by atoms with van der Waals surface area (Å²) in [6.07, 6.45) is 37.1. The van der Waals surface area contributed by atoms with E-state index in [4.69, 9.17) is 18.5 Å². The molecule has 0 aromatic rings. The molecular formula is C41H74NO8P. The molecular weight excluding hydrogens is 665 g/mol. The van der Waals surface area contributed by atoms with Crippen LogP contribution >= 0.6 is 7.82 Å². The van der Waals surface area contributed by atoms with Gasteiger partial charge in [0.25, 0.3) is 7.82 Å². The van der Waals surface area contributed by atoms with E-state index >= 15 is 0 Å². The average molecular weight is 740 g/mol. The van der Waals surface area contributed by atoms with Crippen LogP contribution in [0.25, 0.3) is 0 Å². The molecule has 0 rings (SSSR count). The Kier molecular flexibility index (Phi) is 32.4. The highest BCUT2D eigenvalue weighted by atomic mass is 31.2. The lowest BCUT2D eigenvalue weighted by Gasteiger charge is -2.28. The summed E-state index contributed by atoms with van der Waals surface area (Å²) >= 11 is 0. The number of nitrogens with zero attached hydrogens (tertiary/aromatic N) is 1. The van der Waals surface area contributed by atoms with Crippen molar-refractivity contribution in [3.05, 3.63) is 48.6 Å². The number of carbonyl (C=O) groups excluding carboxylic acids is 2. The Bertz CT molecular complexity index is 1020. The van der Waals surface area contributed by atoms with Crippen molar-refractivity contribution in [2.24, 2.45) is 0 Å². The van der Waals surface area contributed by atoms with E-state index in [-0.39, 0.29) is 26.1 Å². The summed E-state index contributed by atoms with van der Waals surface area (Å²) in [6, 6.07) is 0. The predicted octanol–water partition coefficient (Wildman–Crippen LogP) is 10.1. The molecule has 10 heteroatoms. The van der Waals surface area contributed by atoms with Crippen LogP contribution in [0, 0.1) is 0 Å². The van der Waals surface area contributed by atoms with Crippen molar-refractivity contribution in [2.75, 3.05) is 47.5 Å². The summed E-state index contributed by atoms with van der Waals surface area (Å²) in [5, 5.41) is 0. The molecule has 0 amide bonds. The molecule has 0 radical (unpaired) electrons. The van der Waals surface area contributed by atoms with Crippen LogP contribution in [0.5, 0.6) is 0 Å². The molecule has 0 aromatic heterocycles. The van der Waals surface area contributed by atoms with Crippen LogP contribution in [-0.4, -0.2) is 70.0 Å². The monoisotopic (exact) mass is 740 g/mol. The van der Waals surface area contributed by atoms with Crippen LogP contribution < -0.4 is 4.89 Å². The summed E-state index contributed by atoms with van der Waals surface area (Å²) in [7, 11) is 1.13. The van der Waals surface area contributed by atoms with Gasteiger partial charge < -0.3 is 27.9 Å². The molecule has 0 fully saturated rings. The molecule has 0 aliphatic heterocycles. The number of carbonyl (C=O) groups is 2. The lowest BCUT2D eigenvalue weighted by atomic mass is 10.0. The first kappa shape index (κ1) is 49.0. The number of phosphoric ester groups is 1. The molecule has 296 valence electrons. The van der Waals surface area contributed by atoms with Crippen molar-refractivity contribution < 1.29 is 42.1 Å². The minimum absolute atomic E-state index is 0.0396. The first-order valence-electron chi connectivity index (χ1n) is 19.8. The van der Waals surface area contributed by atoms with Crippen LogP contribution in [0.3, 0.4) is 0 Å². The highest BCUT2D eigenvalue weighted by Gasteiger charge is 2.21. The third-order valence-corrected chi connectivity index (χ3v) is 9.08. The van der Waals surface area contributed by atoms with Gasteiger partial charge in [-0.3, -0.25) is 14.2 Å². The summed E-state index contributed by atoms with van der Waals surface area (Å²) in [5.41, 5.74) is 0. The van der Waals surface area contributed by atoms with E-state index in [1.54, 1.807) is 0 Å². The number of unbranched alkanes of at least 4 members (excludes halogenated alkanes) is 13. The fraction of sp³-hybridized carbons (Fsp3) is 0.756. The van der Waals surface area contributed by atoms with Crippen LogP contribution in [0.15, 0.2) is 48.6 Å². The number of phosphoric acid groups is 1. The average Bonchev–Trinajstić information content (AvgIpc) is 3.07. The van der Waals surface area contributed by atoms with E-state index in [9.17, 15) is 19.0 Å². The summed E-state index contributed by atoms with van der Waals surface area (Å²) < 4.78 is 33.7. The topological polar surface area (TPSA) is 111 Å². The van der Waals surface area contributed by atoms with Gasteiger partial charge in [-0.15, -0.1) is 0 Å². The first-order valence-corrected chi connectivity index (χ1v) is 21.3. The molecule has 0 bridgehead atoms. The van der Waals surface area contributed by atoms with Gasteiger partial charge >= 0.3 is 11.9 Å². The summed E-state index contributed by atoms with van der Waals surface area (Å²) in [6.45, 7) is 4.04. The van der Waals surface area contributed by atoms with Crippen LogP contribution in [0.2, 0.25) is 0 Å². The van der Waals surface area contributed by atoms with Crippen LogP contribution in [0.4, 0.5) is 0 Å². The molecule has 0 aromatic carbocycles. The van der Waals surface area contributed by atoms with Crippen molar-refractivity contribution in [1.29, 1.82) is 0 Å². The van der Waals surface area contributed by atoms with Gasteiger partial charge in [-0.1, -0.05) is 133 Å². The number of quaternary nitrogens is 1. The maximum absolute atomic E-state index is 12.6. The summed E-state index contributed by atoms with van der Waals surface area (Å²) in [4.78, 5) is 37.3. The predicted molar refractivity (Wildman–Crippen MR) is 208 cm³/mol. The molecule has 51 heavy (non-hydrogen) atoms. The molecule has 2 unspecified atom stereocenters. The molecule has 2 atom stereocenters. The SMILES string of the molecule is CC/C=C\C/C=C\C/C=C\C/C=C\CCCCC(=O)OC(COC(=O)CCCCCCCCCCCCCC)COP(=O)([O-])OCC[N+](C)(C)C. The van der Waals surface area contributed by atoms with Gasteiger partial charge in [0.1, 0.15) is 19.8 Å². The van der Waals surface area contributed by atoms with Crippen LogP contribution in [-0.2, 0) is 32.7 Å². The number of esters is 2. The van der Waals surface area contributed by atoms with Gasteiger partial charge in [0.15, 0.2) is 6.10 Å². The van der Waals surface area contributed by atoms with Gasteiger partial charge in [-0.05, 0) is 51.4 Å². The van der Waals surface area contributed by atoms with E-state index in [2.05, 4.69) is 62.5 Å². The number of hydrogen-bond donors (Lipinski definition) is 0. The Morgan fingerprint density at radius 1 is 0.627 bits per heavy atom. The van der Waals surface area contributed by atoms with Crippen molar-refractivity contribution in [3.8, 4) is 0 Å². The minimum atomic E-state index is -4.63. The molecule has 0 saturated carbocycles. The van der Waals surface area contributed by atoms with Crippen molar-refractivity contribution in [3.63, 3.8) is 0 Å². The first-order chi connectivity index (χ1) is 24.5. The second-order valence-electron chi connectivity index (χ2n) is 14.3. The Morgan fingerprint density at radius 3 is 1.67 bits per heavy atom. The van der Waals surface area contributed by atoms with Gasteiger partial charge in [0.05, 0.1) is 27.7 Å². The second kappa shape index (κ2) is 33.8. The normalized spacial score (nSPS) is 14.2. The Labute approximate surface area is 312 Å². The fourth-order valence-corrected chi connectivity index (χ4v) is 5.73. The standard InChI is InChI=1S/C41H74NO8P/c1-6-8-10-12-14-16-18-20-21-22-24-26-28-30-32-34-41(44)50-39(38-49-51(45,46)48-36-35-42(3,4)5)37-47-40(43)33-31-29-27-25-23-19-17-15-13-11-9-7-2/h8,10,14,16,20-21,24,26,39H,6-7,9,11-13,15,17-19,22-23,25,27-38H2,1-5H3/b10-8-,16-14-,21-20-,26-24-. The molecule has 0 heterocycles. The highest BCUT2D eigenvalue weighted by Crippen LogP contribution is 2.38. The lowest BCUT2D eigenvalue weighted by molar-refractivity contribution is -0.870. The van der Waals surface area contributed by atoms with E-state index in [1.165, 1.54) is 57.8 Å². The Morgan fingerprint density at radius 2 is 1.12 bits per heavy atom. The number of likely N-dealkylation sites (N-methyl/N-ethyl adjacent to an activating group) is 1. The van der Waals surface area contributed by atoms with Crippen molar-refractivity contribution >= 4 is 19.8 Å². The lowest BCUT2D eigenvalue weighted by Crippen LogP contribution is -2.37. The molecule has 0 saturated heterocycles. The minimum Gasteiger partial charge on any atom is -0.756 e. The van der Waals surface area contributed by atoms with Crippen LogP contribution in [0.1, 0.15) is 149 Å². The second-order valence-corrected chi connectivity index (χ2v) is 15.7. The number of ether oxygens (including phenoxy) is 2. The third-order valence-electron chi connectivity index (χ3n) is 8.11. The largest absolute Gasteiger partial charge is 0.756 e. The summed E-state index contributed by atoms with van der Waals surface area (Å²) in [5.74, 6) is -0.886. The number of allylic oxidation sites excluding steroid dienone is 8. The van der Waals surface area contributed by atoms with Gasteiger partial charge in [0.2, 0.25) is 0 Å². The molecule has 9 nitrogen and oxygen atoms in total. The molecule has 0 aliphatic rings. The van der Waals surface area contributed by atoms with Crippen molar-refractivity contribution in [2.45, 2.75) is 155 Å². The van der Waals surface area contributed by atoms with E-state index in [0.29, 0.717) is 17.4 Å². The highest BCUT2D eigenvalue weighted by molar-refractivity contribution is 7.45. The number of rotatable bonds is 35. The zero-order valence-corrected chi connectivity index (χ0v) is 33.9. The smallest absolute Gasteiger partial charge is 0.306 e. The molecule has 0 aliphatic carbocycles. The molecule has 0 N–H and O–H groups in total. The quantitative estimate of drug-likeness (QED) is 0.0208. The van der Waals surface area contributed by atoms with Gasteiger partial charge in [-0.2, -0.15) is 0 Å². The van der Waals surface area contributed by atoms with E-state index in [1.807, 2.05) is 21.1 Å². The Hall–Kier alpha value is -2.03. The van der Waals surface area contributed by atoms with E-state index < -0.39 is 32.5 Å². The third kappa shape index (κ3) is 37.5. The Balaban J connectivity index is 4.51. The zero-order chi connectivity index (χ0) is 37.9. The van der Waals surface area contributed by atoms with Gasteiger partial charge in [0, 0.05) is 12.8 Å². The maximum Gasteiger partial charge on any atom is 0.306 e. The fourth-order valence-electron chi connectivity index (χ4n) is 5.00. The zero-order valence-electron chi connectivity index (χ0n) is 33.0.